The number of nitrogens with zero attached hydrogens (tertiary/aromatic N) is 2. The first-order chi connectivity index (χ1) is 9.26. The molecule has 3 rings (SSSR count). The highest BCUT2D eigenvalue weighted by atomic mass is 16.5. The molecule has 2 N–H and O–H groups in total. The lowest BCUT2D eigenvalue weighted by Gasteiger charge is -2.05. The molecule has 4 heteroatoms. The van der Waals surface area contributed by atoms with Gasteiger partial charge in [0, 0.05) is 10.9 Å². The van der Waals surface area contributed by atoms with Gasteiger partial charge in [-0.05, 0) is 36.4 Å². The predicted octanol–water partition coefficient (Wildman–Crippen LogP) is 2.89. The highest BCUT2D eigenvalue weighted by molar-refractivity contribution is 5.79. The van der Waals surface area contributed by atoms with Gasteiger partial charge in [-0.2, -0.15) is 0 Å². The fourth-order valence-corrected chi connectivity index (χ4v) is 1.96. The molecule has 0 spiro atoms. The Morgan fingerprint density at radius 1 is 1.00 bits per heavy atom. The Kier molecular flexibility index (Phi) is 2.76. The van der Waals surface area contributed by atoms with Crippen molar-refractivity contribution in [1.29, 1.82) is 0 Å². The van der Waals surface area contributed by atoms with E-state index >= 15 is 0 Å². The fourth-order valence-electron chi connectivity index (χ4n) is 1.96. The van der Waals surface area contributed by atoms with Crippen molar-refractivity contribution in [1.82, 2.24) is 9.97 Å². The molecule has 0 amide bonds. The number of benzene rings is 1. The van der Waals surface area contributed by atoms with Crippen molar-refractivity contribution in [3.8, 4) is 17.0 Å². The Morgan fingerprint density at radius 3 is 2.68 bits per heavy atom. The molecule has 0 fully saturated rings. The van der Waals surface area contributed by atoms with Gasteiger partial charge in [-0.1, -0.05) is 12.1 Å². The van der Waals surface area contributed by atoms with Crippen molar-refractivity contribution >= 4 is 16.9 Å². The summed E-state index contributed by atoms with van der Waals surface area (Å²) in [6.07, 6.45) is 0. The minimum absolute atomic E-state index is 0.475. The van der Waals surface area contributed by atoms with Crippen LogP contribution in [0.2, 0.25) is 0 Å². The molecule has 3 aromatic rings. The smallest absolute Gasteiger partial charge is 0.162 e. The van der Waals surface area contributed by atoms with Crippen molar-refractivity contribution in [2.75, 3.05) is 12.8 Å². The van der Waals surface area contributed by atoms with E-state index in [0.717, 1.165) is 22.4 Å². The van der Waals surface area contributed by atoms with Crippen molar-refractivity contribution < 1.29 is 4.74 Å². The van der Waals surface area contributed by atoms with Crippen LogP contribution in [-0.2, 0) is 0 Å². The average Bonchev–Trinajstić information content (AvgIpc) is 2.46. The van der Waals surface area contributed by atoms with Crippen LogP contribution in [0.15, 0.2) is 48.5 Å². The molecule has 4 nitrogen and oxygen atoms in total. The molecule has 0 saturated carbocycles. The second-order valence-electron chi connectivity index (χ2n) is 4.21. The van der Waals surface area contributed by atoms with E-state index in [1.807, 2.05) is 42.5 Å². The normalized spacial score (nSPS) is 10.6. The van der Waals surface area contributed by atoms with Crippen LogP contribution in [0.5, 0.6) is 5.75 Å². The minimum Gasteiger partial charge on any atom is -0.497 e. The lowest BCUT2D eigenvalue weighted by atomic mass is 10.1. The summed E-state index contributed by atoms with van der Waals surface area (Å²) in [6.45, 7) is 0. The SMILES string of the molecule is COc1cccc(-c2ccc3ccc(N)nc3n2)c1. The van der Waals surface area contributed by atoms with Crippen molar-refractivity contribution in [3.63, 3.8) is 0 Å². The number of nitrogens with two attached hydrogens (primary N) is 1. The number of pyridine rings is 2. The molecule has 1 aromatic carbocycles. The van der Waals surface area contributed by atoms with Crippen LogP contribution >= 0.6 is 0 Å². The number of hydrogen-bond donors (Lipinski definition) is 1. The Hall–Kier alpha value is -2.62. The first-order valence-corrected chi connectivity index (χ1v) is 5.94. The summed E-state index contributed by atoms with van der Waals surface area (Å²) in [7, 11) is 1.65. The molecule has 94 valence electrons. The second-order valence-corrected chi connectivity index (χ2v) is 4.21. The summed E-state index contributed by atoms with van der Waals surface area (Å²) in [4.78, 5) is 8.77. The Bertz CT molecular complexity index is 740. The van der Waals surface area contributed by atoms with E-state index in [-0.39, 0.29) is 0 Å². The van der Waals surface area contributed by atoms with Crippen LogP contribution in [0.1, 0.15) is 0 Å². The topological polar surface area (TPSA) is 61.0 Å². The minimum atomic E-state index is 0.475. The van der Waals surface area contributed by atoms with Crippen LogP contribution in [0, 0.1) is 0 Å². The standard InChI is InChI=1S/C15H13N3O/c1-19-12-4-2-3-11(9-12)13-7-5-10-6-8-14(16)18-15(10)17-13/h2-9H,1H3,(H2,16,17,18). The van der Waals surface area contributed by atoms with Crippen LogP contribution in [0.3, 0.4) is 0 Å². The zero-order chi connectivity index (χ0) is 13.2. The van der Waals surface area contributed by atoms with E-state index in [4.69, 9.17) is 10.5 Å². The third kappa shape index (κ3) is 2.20. The molecule has 0 radical (unpaired) electrons. The maximum atomic E-state index is 5.69. The summed E-state index contributed by atoms with van der Waals surface area (Å²) < 4.78 is 5.22. The molecule has 0 atom stereocenters. The molecule has 0 saturated heterocycles. The highest BCUT2D eigenvalue weighted by Gasteiger charge is 2.04. The summed E-state index contributed by atoms with van der Waals surface area (Å²) in [5.74, 6) is 1.28. The predicted molar refractivity (Wildman–Crippen MR) is 75.9 cm³/mol. The zero-order valence-electron chi connectivity index (χ0n) is 10.5. The van der Waals surface area contributed by atoms with Gasteiger partial charge in [-0.25, -0.2) is 9.97 Å². The number of anilines is 1. The first-order valence-electron chi connectivity index (χ1n) is 5.94. The van der Waals surface area contributed by atoms with E-state index < -0.39 is 0 Å². The van der Waals surface area contributed by atoms with Gasteiger partial charge in [-0.15, -0.1) is 0 Å². The van der Waals surface area contributed by atoms with Gasteiger partial charge in [-0.3, -0.25) is 0 Å². The number of fused-ring (bicyclic) bond motifs is 1. The summed E-state index contributed by atoms with van der Waals surface area (Å²) in [6, 6.07) is 15.4. The number of rotatable bonds is 2. The average molecular weight is 251 g/mol. The lowest BCUT2D eigenvalue weighted by molar-refractivity contribution is 0.415. The number of hydrogen-bond acceptors (Lipinski definition) is 4. The number of nitrogen functional groups attached to an aromatic ring is 1. The first kappa shape index (κ1) is 11.5. The summed E-state index contributed by atoms with van der Waals surface area (Å²) in [5.41, 5.74) is 8.18. The Labute approximate surface area is 110 Å². The monoisotopic (exact) mass is 251 g/mol. The van der Waals surface area contributed by atoms with Crippen LogP contribution in [-0.4, -0.2) is 17.1 Å². The van der Waals surface area contributed by atoms with Crippen LogP contribution < -0.4 is 10.5 Å². The second kappa shape index (κ2) is 4.57. The van der Waals surface area contributed by atoms with Crippen molar-refractivity contribution in [3.05, 3.63) is 48.5 Å². The molecular weight excluding hydrogens is 238 g/mol. The third-order valence-corrected chi connectivity index (χ3v) is 2.94. The lowest BCUT2D eigenvalue weighted by Crippen LogP contribution is -1.93. The molecule has 0 bridgehead atoms. The number of methoxy groups -OCH3 is 1. The molecule has 0 aliphatic heterocycles. The van der Waals surface area contributed by atoms with E-state index in [0.29, 0.717) is 11.5 Å². The van der Waals surface area contributed by atoms with E-state index in [1.165, 1.54) is 0 Å². The molecule has 0 aliphatic rings. The van der Waals surface area contributed by atoms with E-state index in [9.17, 15) is 0 Å². The molecular formula is C15H13N3O. The maximum absolute atomic E-state index is 5.69. The van der Waals surface area contributed by atoms with E-state index in [1.54, 1.807) is 13.2 Å². The van der Waals surface area contributed by atoms with Gasteiger partial charge in [0.1, 0.15) is 11.6 Å². The fraction of sp³-hybridized carbons (Fsp3) is 0.0667. The summed E-state index contributed by atoms with van der Waals surface area (Å²) >= 11 is 0. The molecule has 0 aliphatic carbocycles. The molecule has 0 unspecified atom stereocenters. The Morgan fingerprint density at radius 2 is 1.84 bits per heavy atom. The molecule has 2 heterocycles. The van der Waals surface area contributed by atoms with Gasteiger partial charge in [0.25, 0.3) is 0 Å². The van der Waals surface area contributed by atoms with Crippen molar-refractivity contribution in [2.45, 2.75) is 0 Å². The van der Waals surface area contributed by atoms with Gasteiger partial charge >= 0.3 is 0 Å². The third-order valence-electron chi connectivity index (χ3n) is 2.94. The maximum Gasteiger partial charge on any atom is 0.162 e. The molecule has 2 aromatic heterocycles. The number of ether oxygens (including phenoxy) is 1. The van der Waals surface area contributed by atoms with Gasteiger partial charge in [0.2, 0.25) is 0 Å². The zero-order valence-corrected chi connectivity index (χ0v) is 10.5. The van der Waals surface area contributed by atoms with E-state index in [2.05, 4.69) is 9.97 Å². The van der Waals surface area contributed by atoms with Gasteiger partial charge in [0.15, 0.2) is 5.65 Å². The van der Waals surface area contributed by atoms with Gasteiger partial charge in [0.05, 0.1) is 12.8 Å². The quantitative estimate of drug-likeness (QED) is 0.760. The van der Waals surface area contributed by atoms with Crippen molar-refractivity contribution in [2.24, 2.45) is 0 Å². The highest BCUT2D eigenvalue weighted by Crippen LogP contribution is 2.24. The molecule has 19 heavy (non-hydrogen) atoms. The van der Waals surface area contributed by atoms with Gasteiger partial charge < -0.3 is 10.5 Å². The Balaban J connectivity index is 2.13. The van der Waals surface area contributed by atoms with Crippen LogP contribution in [0.25, 0.3) is 22.3 Å². The summed E-state index contributed by atoms with van der Waals surface area (Å²) in [5, 5.41) is 0.973. The largest absolute Gasteiger partial charge is 0.497 e. The van der Waals surface area contributed by atoms with Crippen LogP contribution in [0.4, 0.5) is 5.82 Å². The number of aromatic nitrogens is 2.